The molecule has 0 rings (SSSR count). The monoisotopic (exact) mass is 195 g/mol. The summed E-state index contributed by atoms with van der Waals surface area (Å²) < 4.78 is 0. The lowest BCUT2D eigenvalue weighted by Crippen LogP contribution is -2.07. The SMILES string of the molecule is C=C(C[C@@H](C)CC)C(CC)=NC(C)C. The van der Waals surface area contributed by atoms with Gasteiger partial charge in [-0.1, -0.05) is 33.8 Å². The van der Waals surface area contributed by atoms with Crippen LogP contribution in [-0.4, -0.2) is 11.8 Å². The van der Waals surface area contributed by atoms with Gasteiger partial charge in [0.25, 0.3) is 0 Å². The van der Waals surface area contributed by atoms with Crippen molar-refractivity contribution in [3.05, 3.63) is 12.2 Å². The lowest BCUT2D eigenvalue weighted by molar-refractivity contribution is 0.565. The Balaban J connectivity index is 4.32. The number of aliphatic imine (C=N–C) groups is 1. The summed E-state index contributed by atoms with van der Waals surface area (Å²) in [6.45, 7) is 15.0. The van der Waals surface area contributed by atoms with Gasteiger partial charge < -0.3 is 0 Å². The fraction of sp³-hybridized carbons (Fsp3) is 0.769. The third-order valence-corrected chi connectivity index (χ3v) is 2.45. The number of allylic oxidation sites excluding steroid dienone is 1. The summed E-state index contributed by atoms with van der Waals surface area (Å²) in [5.74, 6) is 0.728. The van der Waals surface area contributed by atoms with E-state index in [9.17, 15) is 0 Å². The van der Waals surface area contributed by atoms with Gasteiger partial charge in [0.1, 0.15) is 0 Å². The molecule has 0 unspecified atom stereocenters. The highest BCUT2D eigenvalue weighted by molar-refractivity contribution is 5.99. The maximum atomic E-state index is 4.60. The van der Waals surface area contributed by atoms with E-state index in [1.807, 2.05) is 0 Å². The molecule has 0 aromatic heterocycles. The first-order valence-corrected chi connectivity index (χ1v) is 5.76. The molecule has 1 atom stereocenters. The second-order valence-corrected chi connectivity index (χ2v) is 4.34. The van der Waals surface area contributed by atoms with Gasteiger partial charge in [-0.15, -0.1) is 0 Å². The van der Waals surface area contributed by atoms with E-state index < -0.39 is 0 Å². The van der Waals surface area contributed by atoms with Crippen LogP contribution in [0.15, 0.2) is 17.1 Å². The van der Waals surface area contributed by atoms with Crippen molar-refractivity contribution >= 4 is 5.71 Å². The molecule has 1 heteroatoms. The van der Waals surface area contributed by atoms with Crippen LogP contribution in [0, 0.1) is 5.92 Å². The van der Waals surface area contributed by atoms with E-state index in [-0.39, 0.29) is 0 Å². The van der Waals surface area contributed by atoms with Crippen molar-refractivity contribution in [3.63, 3.8) is 0 Å². The Morgan fingerprint density at radius 2 is 1.79 bits per heavy atom. The highest BCUT2D eigenvalue weighted by atomic mass is 14.8. The van der Waals surface area contributed by atoms with Gasteiger partial charge in [-0.05, 0) is 38.2 Å². The lowest BCUT2D eigenvalue weighted by atomic mass is 9.96. The highest BCUT2D eigenvalue weighted by Gasteiger charge is 2.07. The minimum absolute atomic E-state index is 0.388. The molecule has 0 bridgehead atoms. The quantitative estimate of drug-likeness (QED) is 0.562. The first kappa shape index (κ1) is 13.4. The molecule has 82 valence electrons. The fourth-order valence-electron chi connectivity index (χ4n) is 1.43. The van der Waals surface area contributed by atoms with Crippen LogP contribution in [-0.2, 0) is 0 Å². The summed E-state index contributed by atoms with van der Waals surface area (Å²) in [7, 11) is 0. The van der Waals surface area contributed by atoms with Crippen LogP contribution in [0.1, 0.15) is 53.9 Å². The van der Waals surface area contributed by atoms with Crippen LogP contribution in [0.25, 0.3) is 0 Å². The average molecular weight is 195 g/mol. The Morgan fingerprint density at radius 3 is 2.14 bits per heavy atom. The van der Waals surface area contributed by atoms with E-state index in [1.54, 1.807) is 0 Å². The lowest BCUT2D eigenvalue weighted by Gasteiger charge is -2.13. The standard InChI is InChI=1S/C13H25N/c1-7-11(5)9-12(6)13(8-2)14-10(3)4/h10-11H,6-9H2,1-5H3/t11-/m0/s1. The van der Waals surface area contributed by atoms with Crippen molar-refractivity contribution in [1.82, 2.24) is 0 Å². The number of nitrogens with zero attached hydrogens (tertiary/aromatic N) is 1. The normalized spacial score (nSPS) is 14.6. The second-order valence-electron chi connectivity index (χ2n) is 4.34. The molecule has 0 aromatic rings. The molecule has 0 aliphatic rings. The first-order valence-electron chi connectivity index (χ1n) is 5.76. The van der Waals surface area contributed by atoms with Crippen LogP contribution in [0.3, 0.4) is 0 Å². The second kappa shape index (κ2) is 6.80. The van der Waals surface area contributed by atoms with E-state index >= 15 is 0 Å². The maximum Gasteiger partial charge on any atom is 0.0446 e. The predicted octanol–water partition coefficient (Wildman–Crippen LogP) is 4.24. The molecule has 0 aromatic carbocycles. The first-order chi connectivity index (χ1) is 6.51. The van der Waals surface area contributed by atoms with Gasteiger partial charge in [0.05, 0.1) is 0 Å². The summed E-state index contributed by atoms with van der Waals surface area (Å²) in [6, 6.07) is 0.388. The van der Waals surface area contributed by atoms with Crippen LogP contribution < -0.4 is 0 Å². The molecule has 0 saturated carbocycles. The van der Waals surface area contributed by atoms with Gasteiger partial charge in [0.15, 0.2) is 0 Å². The van der Waals surface area contributed by atoms with Gasteiger partial charge in [-0.3, -0.25) is 4.99 Å². The molecule has 0 aliphatic heterocycles. The van der Waals surface area contributed by atoms with E-state index in [0.717, 1.165) is 18.8 Å². The fourth-order valence-corrected chi connectivity index (χ4v) is 1.43. The maximum absolute atomic E-state index is 4.60. The van der Waals surface area contributed by atoms with E-state index in [2.05, 4.69) is 46.2 Å². The third-order valence-electron chi connectivity index (χ3n) is 2.45. The molecule has 0 amide bonds. The molecular weight excluding hydrogens is 170 g/mol. The third kappa shape index (κ3) is 5.21. The Hall–Kier alpha value is -0.590. The van der Waals surface area contributed by atoms with Crippen LogP contribution in [0.4, 0.5) is 0 Å². The van der Waals surface area contributed by atoms with E-state index in [1.165, 1.54) is 17.7 Å². The summed E-state index contributed by atoms with van der Waals surface area (Å²) in [4.78, 5) is 4.60. The molecule has 14 heavy (non-hydrogen) atoms. The minimum atomic E-state index is 0.388. The van der Waals surface area contributed by atoms with Crippen LogP contribution in [0.2, 0.25) is 0 Å². The van der Waals surface area contributed by atoms with Crippen molar-refractivity contribution in [2.45, 2.75) is 59.9 Å². The Morgan fingerprint density at radius 1 is 1.21 bits per heavy atom. The average Bonchev–Trinajstić information content (AvgIpc) is 2.13. The Kier molecular flexibility index (Phi) is 6.52. The predicted molar refractivity (Wildman–Crippen MR) is 66.1 cm³/mol. The zero-order chi connectivity index (χ0) is 11.1. The number of hydrogen-bond donors (Lipinski definition) is 0. The molecule has 0 N–H and O–H groups in total. The molecule has 1 nitrogen and oxygen atoms in total. The number of hydrogen-bond acceptors (Lipinski definition) is 1. The van der Waals surface area contributed by atoms with Gasteiger partial charge in [-0.25, -0.2) is 0 Å². The molecule has 0 saturated heterocycles. The molecule has 0 spiro atoms. The van der Waals surface area contributed by atoms with Crippen LogP contribution in [0.5, 0.6) is 0 Å². The van der Waals surface area contributed by atoms with Gasteiger partial charge in [0, 0.05) is 11.8 Å². The number of rotatable bonds is 6. The van der Waals surface area contributed by atoms with Crippen molar-refractivity contribution in [1.29, 1.82) is 0 Å². The summed E-state index contributed by atoms with van der Waals surface area (Å²) in [5, 5.41) is 0. The van der Waals surface area contributed by atoms with Crippen molar-refractivity contribution < 1.29 is 0 Å². The zero-order valence-electron chi connectivity index (χ0n) is 10.4. The zero-order valence-corrected chi connectivity index (χ0v) is 10.4. The smallest absolute Gasteiger partial charge is 0.0446 e. The van der Waals surface area contributed by atoms with Crippen molar-refractivity contribution in [3.8, 4) is 0 Å². The topological polar surface area (TPSA) is 12.4 Å². The van der Waals surface area contributed by atoms with Crippen LogP contribution >= 0.6 is 0 Å². The summed E-state index contributed by atoms with van der Waals surface area (Å²) in [5.41, 5.74) is 2.44. The molecular formula is C13H25N. The van der Waals surface area contributed by atoms with Crippen molar-refractivity contribution in [2.75, 3.05) is 0 Å². The van der Waals surface area contributed by atoms with Gasteiger partial charge >= 0.3 is 0 Å². The largest absolute Gasteiger partial charge is 0.287 e. The highest BCUT2D eigenvalue weighted by Crippen LogP contribution is 2.16. The van der Waals surface area contributed by atoms with Gasteiger partial charge in [0.2, 0.25) is 0 Å². The molecule has 0 aliphatic carbocycles. The minimum Gasteiger partial charge on any atom is -0.287 e. The van der Waals surface area contributed by atoms with E-state index in [4.69, 9.17) is 0 Å². The van der Waals surface area contributed by atoms with Gasteiger partial charge in [-0.2, -0.15) is 0 Å². The molecule has 0 heterocycles. The van der Waals surface area contributed by atoms with E-state index in [0.29, 0.717) is 6.04 Å². The van der Waals surface area contributed by atoms with Crippen molar-refractivity contribution in [2.24, 2.45) is 10.9 Å². The summed E-state index contributed by atoms with van der Waals surface area (Å²) in [6.07, 6.45) is 3.32. The molecule has 0 fully saturated rings. The molecule has 0 radical (unpaired) electrons. The Labute approximate surface area is 89.3 Å². The Bertz CT molecular complexity index is 201. The summed E-state index contributed by atoms with van der Waals surface area (Å²) >= 11 is 0.